The Kier molecular flexibility index (Phi) is 9.79. The van der Waals surface area contributed by atoms with Gasteiger partial charge in [-0.3, -0.25) is 14.6 Å². The topological polar surface area (TPSA) is 82.3 Å². The van der Waals surface area contributed by atoms with Gasteiger partial charge in [0.2, 0.25) is 5.56 Å². The molecule has 0 aliphatic carbocycles. The molecule has 2 N–H and O–H groups in total. The Morgan fingerprint density at radius 1 is 0.773 bits per heavy atom. The molecule has 5 heterocycles. The van der Waals surface area contributed by atoms with Gasteiger partial charge in [-0.15, -0.1) is 0 Å². The number of hydrogen-bond acceptors (Lipinski definition) is 10. The number of aromatic amines is 1. The Labute approximate surface area is 267 Å². The minimum Gasteiger partial charge on any atom is -0.381 e. The van der Waals surface area contributed by atoms with Gasteiger partial charge in [-0.25, -0.2) is 0 Å². The third kappa shape index (κ3) is 7.31. The van der Waals surface area contributed by atoms with Gasteiger partial charge < -0.3 is 29.4 Å². The van der Waals surface area contributed by atoms with Gasteiger partial charge in [0, 0.05) is 101 Å². The van der Waals surface area contributed by atoms with Gasteiger partial charge in [0.05, 0.1) is 45.3 Å². The van der Waals surface area contributed by atoms with Crippen LogP contribution in [-0.4, -0.2) is 113 Å². The number of aromatic nitrogens is 1. The van der Waals surface area contributed by atoms with Crippen molar-refractivity contribution in [2.45, 2.75) is 32.0 Å². The van der Waals surface area contributed by atoms with Crippen molar-refractivity contribution in [1.29, 1.82) is 0 Å². The lowest BCUT2D eigenvalue weighted by Gasteiger charge is -2.33. The number of benzene rings is 2. The van der Waals surface area contributed by atoms with Crippen LogP contribution >= 0.6 is 23.5 Å². The fraction of sp³-hybridized carbons (Fsp3) is 0.485. The second kappa shape index (κ2) is 14.3. The van der Waals surface area contributed by atoms with E-state index in [1.807, 2.05) is 11.8 Å². The van der Waals surface area contributed by atoms with Crippen LogP contribution in [0.5, 0.6) is 0 Å². The van der Waals surface area contributed by atoms with Crippen molar-refractivity contribution in [3.63, 3.8) is 0 Å². The van der Waals surface area contributed by atoms with Crippen molar-refractivity contribution < 1.29 is 14.2 Å². The number of H-pyrrole nitrogens is 1. The summed E-state index contributed by atoms with van der Waals surface area (Å²) in [7, 11) is 0. The van der Waals surface area contributed by atoms with Gasteiger partial charge in [0.25, 0.3) is 0 Å². The van der Waals surface area contributed by atoms with Crippen molar-refractivity contribution in [2.24, 2.45) is 0 Å². The molecule has 0 unspecified atom stereocenters. The molecule has 7 rings (SSSR count). The zero-order valence-electron chi connectivity index (χ0n) is 25.1. The van der Waals surface area contributed by atoms with Gasteiger partial charge in [-0.05, 0) is 36.8 Å². The van der Waals surface area contributed by atoms with Crippen molar-refractivity contribution in [1.82, 2.24) is 14.8 Å². The van der Waals surface area contributed by atoms with E-state index in [2.05, 4.69) is 67.5 Å². The summed E-state index contributed by atoms with van der Waals surface area (Å²) in [5.41, 5.74) is 3.96. The first kappa shape index (κ1) is 30.2. The number of nitrogens with one attached hydrogen (secondary N) is 2. The summed E-state index contributed by atoms with van der Waals surface area (Å²) in [5, 5.41) is 3.90. The lowest BCUT2D eigenvalue weighted by atomic mass is 10.1. The van der Waals surface area contributed by atoms with E-state index in [9.17, 15) is 4.79 Å². The van der Waals surface area contributed by atoms with E-state index >= 15 is 0 Å². The van der Waals surface area contributed by atoms with Crippen LogP contribution in [0.15, 0.2) is 72.9 Å². The largest absolute Gasteiger partial charge is 0.381 e. The maximum atomic E-state index is 12.7. The predicted octanol–water partition coefficient (Wildman–Crippen LogP) is 4.33. The van der Waals surface area contributed by atoms with Gasteiger partial charge >= 0.3 is 0 Å². The number of rotatable bonds is 9. The highest BCUT2D eigenvalue weighted by molar-refractivity contribution is 8.05. The average Bonchev–Trinajstić information content (AvgIpc) is 3.07. The molecule has 1 atom stereocenters. The number of anilines is 2. The molecule has 4 aliphatic heterocycles. The van der Waals surface area contributed by atoms with Crippen molar-refractivity contribution in [2.75, 3.05) is 102 Å². The first-order chi connectivity index (χ1) is 21.7. The molecule has 9 nitrogen and oxygen atoms in total. The molecule has 11 heteroatoms. The second-order valence-electron chi connectivity index (χ2n) is 11.7. The quantitative estimate of drug-likeness (QED) is 0.278. The normalized spacial score (nSPS) is 20.1. The van der Waals surface area contributed by atoms with E-state index in [-0.39, 0.29) is 5.56 Å². The lowest BCUT2D eigenvalue weighted by molar-refractivity contribution is 0.0292. The van der Waals surface area contributed by atoms with E-state index in [1.54, 1.807) is 17.8 Å². The van der Waals surface area contributed by atoms with Gasteiger partial charge in [0.1, 0.15) is 0 Å². The summed E-state index contributed by atoms with van der Waals surface area (Å²) in [6.07, 6.45) is 1.09. The molecule has 0 spiro atoms. The molecule has 1 aromatic heterocycles. The number of pyridine rings is 1. The van der Waals surface area contributed by atoms with Crippen LogP contribution in [0.1, 0.15) is 6.42 Å². The number of morpholine rings is 3. The zero-order chi connectivity index (χ0) is 29.7. The molecule has 2 aromatic carbocycles. The minimum absolute atomic E-state index is 0.0774. The number of fused-ring (bicyclic) bond motifs is 2. The predicted molar refractivity (Wildman–Crippen MR) is 177 cm³/mol. The van der Waals surface area contributed by atoms with Gasteiger partial charge in [0.15, 0.2) is 0 Å². The minimum atomic E-state index is -0.0774. The van der Waals surface area contributed by atoms with Gasteiger partial charge in [-0.2, -0.15) is 0 Å². The molecule has 3 saturated heterocycles. The SMILES string of the molecule is O=c1cc(N2CCOCC2)cc(-c2cccc3c2Sc2ccc(N[C@H](CCN4CCOCC4)CN4CCOCC4)cc2S3)[nH]1. The molecule has 4 aliphatic rings. The molecule has 0 saturated carbocycles. The number of ether oxygens (including phenoxy) is 3. The fourth-order valence-corrected chi connectivity index (χ4v) is 8.70. The zero-order valence-corrected chi connectivity index (χ0v) is 26.7. The summed E-state index contributed by atoms with van der Waals surface area (Å²) < 4.78 is 16.7. The monoisotopic (exact) mass is 635 g/mol. The maximum absolute atomic E-state index is 12.7. The van der Waals surface area contributed by atoms with Gasteiger partial charge in [-0.1, -0.05) is 35.7 Å². The summed E-state index contributed by atoms with van der Waals surface area (Å²) in [6.45, 7) is 12.4. The smallest absolute Gasteiger partial charge is 0.250 e. The van der Waals surface area contributed by atoms with Crippen LogP contribution in [0.3, 0.4) is 0 Å². The Morgan fingerprint density at radius 2 is 1.50 bits per heavy atom. The molecule has 234 valence electrons. The van der Waals surface area contributed by atoms with Crippen LogP contribution in [-0.2, 0) is 14.2 Å². The highest BCUT2D eigenvalue weighted by atomic mass is 32.2. The molecule has 0 amide bonds. The molecular weight excluding hydrogens is 595 g/mol. The number of hydrogen-bond donors (Lipinski definition) is 2. The molecule has 3 aromatic rings. The summed E-state index contributed by atoms with van der Waals surface area (Å²) in [4.78, 5) is 28.0. The Morgan fingerprint density at radius 3 is 2.27 bits per heavy atom. The standard InChI is InChI=1S/C33H41N5O4S2/c39-32-22-26(38-12-18-42-19-13-38)21-28(35-32)27-2-1-3-30-33(27)44-29-5-4-24(20-31(29)43-30)34-25(23-37-10-16-41-17-11-37)6-7-36-8-14-40-15-9-36/h1-5,20-22,25,34H,6-19,23H2,(H,35,39)/t25-/m1/s1. The van der Waals surface area contributed by atoms with E-state index in [0.717, 1.165) is 102 Å². The average molecular weight is 636 g/mol. The first-order valence-electron chi connectivity index (χ1n) is 15.7. The van der Waals surface area contributed by atoms with Crippen LogP contribution in [0, 0.1) is 0 Å². The van der Waals surface area contributed by atoms with Crippen LogP contribution in [0.25, 0.3) is 11.3 Å². The Bertz CT molecular complexity index is 1490. The highest BCUT2D eigenvalue weighted by Gasteiger charge is 2.24. The molecule has 3 fully saturated rings. The first-order valence-corrected chi connectivity index (χ1v) is 17.4. The van der Waals surface area contributed by atoms with Crippen molar-refractivity contribution >= 4 is 34.9 Å². The van der Waals surface area contributed by atoms with Crippen molar-refractivity contribution in [3.8, 4) is 11.3 Å². The Hall–Kier alpha value is -2.51. The van der Waals surface area contributed by atoms with E-state index in [4.69, 9.17) is 14.2 Å². The lowest BCUT2D eigenvalue weighted by Crippen LogP contribution is -2.45. The summed E-state index contributed by atoms with van der Waals surface area (Å²) in [6, 6.07) is 17.3. The fourth-order valence-electron chi connectivity index (χ4n) is 6.29. The summed E-state index contributed by atoms with van der Waals surface area (Å²) >= 11 is 3.60. The van der Waals surface area contributed by atoms with Crippen LogP contribution in [0.4, 0.5) is 11.4 Å². The highest BCUT2D eigenvalue weighted by Crippen LogP contribution is 2.52. The van der Waals surface area contributed by atoms with E-state index < -0.39 is 0 Å². The molecule has 0 radical (unpaired) electrons. The Balaban J connectivity index is 1.09. The molecule has 0 bridgehead atoms. The van der Waals surface area contributed by atoms with E-state index in [0.29, 0.717) is 19.3 Å². The molecular formula is C33H41N5O4S2. The summed E-state index contributed by atoms with van der Waals surface area (Å²) in [5.74, 6) is 0. The maximum Gasteiger partial charge on any atom is 0.250 e. The van der Waals surface area contributed by atoms with Crippen molar-refractivity contribution in [3.05, 3.63) is 58.9 Å². The third-order valence-electron chi connectivity index (χ3n) is 8.70. The number of nitrogens with zero attached hydrogens (tertiary/aromatic N) is 3. The van der Waals surface area contributed by atoms with E-state index in [1.165, 1.54) is 25.3 Å². The van der Waals surface area contributed by atoms with Crippen LogP contribution in [0.2, 0.25) is 0 Å². The van der Waals surface area contributed by atoms with Crippen LogP contribution < -0.4 is 15.8 Å². The third-order valence-corrected chi connectivity index (χ3v) is 11.3. The molecule has 44 heavy (non-hydrogen) atoms. The second-order valence-corrected chi connectivity index (χ2v) is 13.8.